The molecular formula is C12H15N2+. The van der Waals surface area contributed by atoms with Crippen LogP contribution in [0.25, 0.3) is 0 Å². The maximum absolute atomic E-state index is 3.24. The van der Waals surface area contributed by atoms with Crippen molar-refractivity contribution in [3.05, 3.63) is 54.1 Å². The van der Waals surface area contributed by atoms with E-state index in [0.717, 1.165) is 13.0 Å². The number of hydrogen-bond donors (Lipinski definition) is 1. The van der Waals surface area contributed by atoms with Gasteiger partial charge in [0.05, 0.1) is 0 Å². The van der Waals surface area contributed by atoms with Crippen LogP contribution in [0.5, 0.6) is 0 Å². The minimum Gasteiger partial charge on any atom is -0.248 e. The highest BCUT2D eigenvalue weighted by atomic mass is 15.1. The van der Waals surface area contributed by atoms with Crippen LogP contribution in [-0.4, -0.2) is 4.98 Å². The number of H-pyrrole nitrogens is 1. The Morgan fingerprint density at radius 1 is 1.21 bits per heavy atom. The summed E-state index contributed by atoms with van der Waals surface area (Å²) < 4.78 is 2.25. The van der Waals surface area contributed by atoms with Crippen molar-refractivity contribution < 1.29 is 4.57 Å². The molecule has 0 aliphatic rings. The van der Waals surface area contributed by atoms with E-state index in [0.29, 0.717) is 0 Å². The van der Waals surface area contributed by atoms with E-state index in [1.54, 1.807) is 0 Å². The number of aryl methyl sites for hydroxylation is 1. The van der Waals surface area contributed by atoms with E-state index in [9.17, 15) is 0 Å². The quantitative estimate of drug-likeness (QED) is 0.708. The van der Waals surface area contributed by atoms with Crippen LogP contribution < -0.4 is 4.57 Å². The van der Waals surface area contributed by atoms with Crippen LogP contribution in [0.15, 0.2) is 42.7 Å². The van der Waals surface area contributed by atoms with Gasteiger partial charge in [0, 0.05) is 6.42 Å². The van der Waals surface area contributed by atoms with Gasteiger partial charge in [-0.25, -0.2) is 9.55 Å². The molecule has 0 radical (unpaired) electrons. The normalized spacial score (nSPS) is 10.4. The van der Waals surface area contributed by atoms with Crippen molar-refractivity contribution in [2.75, 3.05) is 0 Å². The van der Waals surface area contributed by atoms with E-state index in [2.05, 4.69) is 46.9 Å². The van der Waals surface area contributed by atoms with Gasteiger partial charge >= 0.3 is 0 Å². The Bertz CT molecular complexity index is 390. The van der Waals surface area contributed by atoms with Crippen molar-refractivity contribution in [3.8, 4) is 0 Å². The monoisotopic (exact) mass is 187 g/mol. The first-order valence-corrected chi connectivity index (χ1v) is 4.99. The van der Waals surface area contributed by atoms with Gasteiger partial charge in [-0.05, 0) is 5.56 Å². The van der Waals surface area contributed by atoms with E-state index < -0.39 is 0 Å². The molecule has 1 aromatic heterocycles. The molecule has 0 fully saturated rings. The Balaban J connectivity index is 2.19. The van der Waals surface area contributed by atoms with Crippen LogP contribution in [0.4, 0.5) is 0 Å². The Kier molecular flexibility index (Phi) is 2.63. The SMILES string of the molecule is CCc1[nH]cc[n+]1Cc1ccccc1. The smallest absolute Gasteiger partial charge is 0.248 e. The van der Waals surface area contributed by atoms with E-state index in [1.807, 2.05) is 12.3 Å². The molecule has 1 heterocycles. The van der Waals surface area contributed by atoms with Crippen LogP contribution >= 0.6 is 0 Å². The van der Waals surface area contributed by atoms with Crippen molar-refractivity contribution in [2.45, 2.75) is 19.9 Å². The minimum atomic E-state index is 0.952. The van der Waals surface area contributed by atoms with Crippen molar-refractivity contribution in [1.82, 2.24) is 4.98 Å². The van der Waals surface area contributed by atoms with Gasteiger partial charge in [0.25, 0.3) is 5.82 Å². The summed E-state index contributed by atoms with van der Waals surface area (Å²) in [6, 6.07) is 10.5. The van der Waals surface area contributed by atoms with E-state index >= 15 is 0 Å². The first kappa shape index (κ1) is 9.00. The molecule has 0 spiro atoms. The third-order valence-corrected chi connectivity index (χ3v) is 2.38. The van der Waals surface area contributed by atoms with E-state index in [-0.39, 0.29) is 0 Å². The topological polar surface area (TPSA) is 19.7 Å². The highest BCUT2D eigenvalue weighted by Gasteiger charge is 2.07. The number of nitrogens with one attached hydrogen (secondary N) is 1. The third kappa shape index (κ3) is 1.84. The maximum Gasteiger partial charge on any atom is 0.254 e. The summed E-state index contributed by atoms with van der Waals surface area (Å²) in [6.45, 7) is 3.11. The predicted octanol–water partition coefficient (Wildman–Crippen LogP) is 1.91. The molecule has 2 rings (SSSR count). The third-order valence-electron chi connectivity index (χ3n) is 2.38. The predicted molar refractivity (Wildman–Crippen MR) is 55.9 cm³/mol. The lowest BCUT2D eigenvalue weighted by Crippen LogP contribution is -2.36. The van der Waals surface area contributed by atoms with Gasteiger partial charge in [-0.3, -0.25) is 0 Å². The Hall–Kier alpha value is -1.57. The Labute approximate surface area is 84.2 Å². The average Bonchev–Trinajstić information content (AvgIpc) is 2.67. The standard InChI is InChI=1S/C12H14N2/c1-2-12-13-8-9-14(12)10-11-6-4-3-5-7-11/h3-9H,2,10H2,1H3/p+1. The molecule has 0 aliphatic carbocycles. The van der Waals surface area contributed by atoms with Crippen LogP contribution in [0.3, 0.4) is 0 Å². The van der Waals surface area contributed by atoms with Crippen LogP contribution in [0, 0.1) is 0 Å². The fraction of sp³-hybridized carbons (Fsp3) is 0.250. The second-order valence-corrected chi connectivity index (χ2v) is 3.37. The summed E-state index contributed by atoms with van der Waals surface area (Å²) in [5.74, 6) is 1.27. The van der Waals surface area contributed by atoms with Crippen LogP contribution in [0.2, 0.25) is 0 Å². The molecule has 0 bridgehead atoms. The molecular weight excluding hydrogens is 172 g/mol. The number of aromatic nitrogens is 2. The Morgan fingerprint density at radius 2 is 2.00 bits per heavy atom. The fourth-order valence-corrected chi connectivity index (χ4v) is 1.63. The van der Waals surface area contributed by atoms with Crippen molar-refractivity contribution in [2.24, 2.45) is 0 Å². The highest BCUT2D eigenvalue weighted by molar-refractivity contribution is 5.13. The van der Waals surface area contributed by atoms with E-state index in [4.69, 9.17) is 0 Å². The molecule has 0 atom stereocenters. The van der Waals surface area contributed by atoms with Gasteiger partial charge in [0.2, 0.25) is 0 Å². The molecule has 0 saturated heterocycles. The van der Waals surface area contributed by atoms with Gasteiger partial charge in [0.15, 0.2) is 0 Å². The molecule has 1 aromatic carbocycles. The molecule has 2 aromatic rings. The molecule has 0 saturated carbocycles. The van der Waals surface area contributed by atoms with Crippen LogP contribution in [0.1, 0.15) is 18.3 Å². The largest absolute Gasteiger partial charge is 0.254 e. The zero-order valence-corrected chi connectivity index (χ0v) is 8.40. The molecule has 72 valence electrons. The summed E-state index contributed by atoms with van der Waals surface area (Å²) in [4.78, 5) is 3.24. The molecule has 1 N–H and O–H groups in total. The summed E-state index contributed by atoms with van der Waals surface area (Å²) in [5, 5.41) is 0. The number of rotatable bonds is 3. The molecule has 2 nitrogen and oxygen atoms in total. The summed E-state index contributed by atoms with van der Waals surface area (Å²) in [5.41, 5.74) is 1.34. The molecule has 0 amide bonds. The lowest BCUT2D eigenvalue weighted by Gasteiger charge is -1.99. The summed E-state index contributed by atoms with van der Waals surface area (Å²) in [7, 11) is 0. The number of aromatic amines is 1. The molecule has 0 unspecified atom stereocenters. The first-order chi connectivity index (χ1) is 6.90. The zero-order chi connectivity index (χ0) is 9.80. The van der Waals surface area contributed by atoms with E-state index in [1.165, 1.54) is 11.4 Å². The van der Waals surface area contributed by atoms with Crippen molar-refractivity contribution >= 4 is 0 Å². The maximum atomic E-state index is 3.24. The van der Waals surface area contributed by atoms with Crippen molar-refractivity contribution in [3.63, 3.8) is 0 Å². The van der Waals surface area contributed by atoms with Crippen LogP contribution in [-0.2, 0) is 13.0 Å². The van der Waals surface area contributed by atoms with Crippen molar-refractivity contribution in [1.29, 1.82) is 0 Å². The fourth-order valence-electron chi connectivity index (χ4n) is 1.63. The van der Waals surface area contributed by atoms with Gasteiger partial charge < -0.3 is 0 Å². The second-order valence-electron chi connectivity index (χ2n) is 3.37. The average molecular weight is 187 g/mol. The van der Waals surface area contributed by atoms with Gasteiger partial charge in [-0.1, -0.05) is 37.3 Å². The zero-order valence-electron chi connectivity index (χ0n) is 8.40. The van der Waals surface area contributed by atoms with Gasteiger partial charge in [-0.2, -0.15) is 0 Å². The number of imidazole rings is 1. The summed E-state index contributed by atoms with van der Waals surface area (Å²) >= 11 is 0. The van der Waals surface area contributed by atoms with Gasteiger partial charge in [0.1, 0.15) is 18.9 Å². The van der Waals surface area contributed by atoms with Gasteiger partial charge in [-0.15, -0.1) is 0 Å². The lowest BCUT2D eigenvalue weighted by molar-refractivity contribution is -0.694. The molecule has 0 aliphatic heterocycles. The lowest BCUT2D eigenvalue weighted by atomic mass is 10.2. The Morgan fingerprint density at radius 3 is 2.71 bits per heavy atom. The minimum absolute atomic E-state index is 0.952. The number of hydrogen-bond acceptors (Lipinski definition) is 0. The number of benzene rings is 1. The molecule has 14 heavy (non-hydrogen) atoms. The highest BCUT2D eigenvalue weighted by Crippen LogP contribution is 1.98. The first-order valence-electron chi connectivity index (χ1n) is 4.99. The number of nitrogens with zero attached hydrogens (tertiary/aromatic N) is 1. The molecule has 2 heteroatoms. The summed E-state index contributed by atoms with van der Waals surface area (Å²) in [6.07, 6.45) is 5.12. The second kappa shape index (κ2) is 4.09.